The van der Waals surface area contributed by atoms with E-state index < -0.39 is 0 Å². The Kier molecular flexibility index (Phi) is 3.66. The molecule has 2 fully saturated rings. The molecular weight excluding hydrogens is 224 g/mol. The Morgan fingerprint density at radius 2 is 2.17 bits per heavy atom. The number of aryl methyl sites for hydroxylation is 1. The van der Waals surface area contributed by atoms with Gasteiger partial charge in [0.25, 0.3) is 0 Å². The molecule has 1 aromatic rings. The number of nitrogens with zero attached hydrogens (tertiary/aromatic N) is 2. The highest BCUT2D eigenvalue weighted by Gasteiger charge is 2.37. The van der Waals surface area contributed by atoms with Gasteiger partial charge in [-0.15, -0.1) is 0 Å². The Labute approximate surface area is 109 Å². The Bertz CT molecular complexity index is 348. The summed E-state index contributed by atoms with van der Waals surface area (Å²) in [7, 11) is 2.30. The number of rotatable bonds is 5. The second-order valence-electron chi connectivity index (χ2n) is 5.81. The van der Waals surface area contributed by atoms with Crippen molar-refractivity contribution < 1.29 is 0 Å². The number of fused-ring (bicyclic) bond motifs is 2. The van der Waals surface area contributed by atoms with E-state index in [1.165, 1.54) is 32.1 Å². The number of hydrogen-bond acceptors (Lipinski definition) is 3. The Balaban J connectivity index is 1.37. The molecule has 3 heterocycles. The van der Waals surface area contributed by atoms with Gasteiger partial charge in [0.1, 0.15) is 5.82 Å². The zero-order valence-electron chi connectivity index (χ0n) is 11.2. The molecule has 0 aromatic carbocycles. The lowest BCUT2D eigenvalue weighted by molar-refractivity contribution is 0.149. The van der Waals surface area contributed by atoms with Crippen LogP contribution >= 0.6 is 0 Å². The standard InChI is InChI=1S/C14H24N4/c1-18-12-4-5-13(18)10-11(9-12)15-6-2-3-14-16-7-8-17-14/h7-8,11-13,15H,2-6,9-10H2,1H3,(H,16,17). The van der Waals surface area contributed by atoms with E-state index in [-0.39, 0.29) is 0 Å². The largest absolute Gasteiger partial charge is 0.349 e. The van der Waals surface area contributed by atoms with Gasteiger partial charge in [-0.3, -0.25) is 0 Å². The molecule has 2 aliphatic rings. The lowest BCUT2D eigenvalue weighted by Gasteiger charge is -2.36. The molecule has 4 nitrogen and oxygen atoms in total. The van der Waals surface area contributed by atoms with Crippen LogP contribution in [0.3, 0.4) is 0 Å². The minimum absolute atomic E-state index is 0.746. The van der Waals surface area contributed by atoms with Crippen LogP contribution in [0.1, 0.15) is 37.9 Å². The number of aromatic nitrogens is 2. The fraction of sp³-hybridized carbons (Fsp3) is 0.786. The van der Waals surface area contributed by atoms with E-state index in [9.17, 15) is 0 Å². The molecule has 18 heavy (non-hydrogen) atoms. The molecule has 2 aliphatic heterocycles. The van der Waals surface area contributed by atoms with E-state index in [0.717, 1.165) is 36.9 Å². The maximum absolute atomic E-state index is 4.25. The van der Waals surface area contributed by atoms with Crippen molar-refractivity contribution in [2.45, 2.75) is 56.7 Å². The van der Waals surface area contributed by atoms with Gasteiger partial charge in [0.2, 0.25) is 0 Å². The van der Waals surface area contributed by atoms with Crippen molar-refractivity contribution in [2.24, 2.45) is 0 Å². The Morgan fingerprint density at radius 1 is 1.39 bits per heavy atom. The van der Waals surface area contributed by atoms with Crippen molar-refractivity contribution >= 4 is 0 Å². The number of piperidine rings is 1. The minimum atomic E-state index is 0.746. The molecule has 3 rings (SSSR count). The van der Waals surface area contributed by atoms with Gasteiger partial charge in [0.05, 0.1) is 0 Å². The van der Waals surface area contributed by atoms with Gasteiger partial charge in [0, 0.05) is 36.9 Å². The van der Waals surface area contributed by atoms with Crippen molar-refractivity contribution in [2.75, 3.05) is 13.6 Å². The number of hydrogen-bond donors (Lipinski definition) is 2. The maximum Gasteiger partial charge on any atom is 0.106 e. The summed E-state index contributed by atoms with van der Waals surface area (Å²) in [5, 5.41) is 3.74. The molecule has 0 aliphatic carbocycles. The molecule has 2 bridgehead atoms. The van der Waals surface area contributed by atoms with E-state index in [1.807, 2.05) is 12.4 Å². The van der Waals surface area contributed by atoms with Gasteiger partial charge >= 0.3 is 0 Å². The highest BCUT2D eigenvalue weighted by Crippen LogP contribution is 2.34. The number of imidazole rings is 1. The number of aromatic amines is 1. The van der Waals surface area contributed by atoms with E-state index in [0.29, 0.717) is 0 Å². The highest BCUT2D eigenvalue weighted by atomic mass is 15.2. The monoisotopic (exact) mass is 248 g/mol. The van der Waals surface area contributed by atoms with Crippen LogP contribution in [0.5, 0.6) is 0 Å². The van der Waals surface area contributed by atoms with Crippen molar-refractivity contribution in [1.29, 1.82) is 0 Å². The van der Waals surface area contributed by atoms with Crippen LogP contribution in [0.4, 0.5) is 0 Å². The topological polar surface area (TPSA) is 44.0 Å². The van der Waals surface area contributed by atoms with Gasteiger partial charge in [-0.05, 0) is 45.7 Å². The van der Waals surface area contributed by atoms with Gasteiger partial charge in [-0.1, -0.05) is 0 Å². The normalized spacial score (nSPS) is 31.9. The average Bonchev–Trinajstić information content (AvgIpc) is 2.93. The average molecular weight is 248 g/mol. The first-order chi connectivity index (χ1) is 8.83. The number of nitrogens with one attached hydrogen (secondary N) is 2. The Morgan fingerprint density at radius 3 is 2.83 bits per heavy atom. The molecule has 4 heteroatoms. The third kappa shape index (κ3) is 2.59. The van der Waals surface area contributed by atoms with Gasteiger partial charge in [-0.2, -0.15) is 0 Å². The summed E-state index contributed by atoms with van der Waals surface area (Å²) in [6.45, 7) is 1.12. The molecule has 1 aromatic heterocycles. The zero-order chi connectivity index (χ0) is 12.4. The first kappa shape index (κ1) is 12.2. The van der Waals surface area contributed by atoms with Crippen LogP contribution in [0.2, 0.25) is 0 Å². The Hall–Kier alpha value is -0.870. The van der Waals surface area contributed by atoms with Crippen molar-refractivity contribution in [3.63, 3.8) is 0 Å². The third-order valence-corrected chi connectivity index (χ3v) is 4.68. The molecule has 0 radical (unpaired) electrons. The first-order valence-corrected chi connectivity index (χ1v) is 7.26. The first-order valence-electron chi connectivity index (χ1n) is 7.26. The van der Waals surface area contributed by atoms with E-state index in [4.69, 9.17) is 0 Å². The van der Waals surface area contributed by atoms with Crippen LogP contribution in [-0.2, 0) is 6.42 Å². The van der Waals surface area contributed by atoms with Crippen molar-refractivity contribution in [1.82, 2.24) is 20.2 Å². The summed E-state index contributed by atoms with van der Waals surface area (Å²) in [5.41, 5.74) is 0. The molecular formula is C14H24N4. The smallest absolute Gasteiger partial charge is 0.106 e. The third-order valence-electron chi connectivity index (χ3n) is 4.68. The molecule has 2 N–H and O–H groups in total. The lowest BCUT2D eigenvalue weighted by Crippen LogP contribution is -2.47. The lowest BCUT2D eigenvalue weighted by atomic mass is 9.98. The predicted molar refractivity (Wildman–Crippen MR) is 72.5 cm³/mol. The predicted octanol–water partition coefficient (Wildman–Crippen LogP) is 1.56. The highest BCUT2D eigenvalue weighted by molar-refractivity contribution is 4.96. The molecule has 0 saturated carbocycles. The quantitative estimate of drug-likeness (QED) is 0.777. The summed E-state index contributed by atoms with van der Waals surface area (Å²) in [6.07, 6.45) is 11.5. The van der Waals surface area contributed by atoms with Crippen molar-refractivity contribution in [3.05, 3.63) is 18.2 Å². The number of H-pyrrole nitrogens is 1. The van der Waals surface area contributed by atoms with Crippen LogP contribution in [-0.4, -0.2) is 46.6 Å². The van der Waals surface area contributed by atoms with E-state index in [2.05, 4.69) is 27.2 Å². The van der Waals surface area contributed by atoms with E-state index >= 15 is 0 Å². The molecule has 2 atom stereocenters. The minimum Gasteiger partial charge on any atom is -0.349 e. The van der Waals surface area contributed by atoms with E-state index in [1.54, 1.807) is 0 Å². The van der Waals surface area contributed by atoms with Gasteiger partial charge < -0.3 is 15.2 Å². The summed E-state index contributed by atoms with van der Waals surface area (Å²) in [6, 6.07) is 2.42. The summed E-state index contributed by atoms with van der Waals surface area (Å²) in [5.74, 6) is 1.11. The zero-order valence-corrected chi connectivity index (χ0v) is 11.2. The molecule has 0 amide bonds. The summed E-state index contributed by atoms with van der Waals surface area (Å²) >= 11 is 0. The molecule has 2 unspecified atom stereocenters. The van der Waals surface area contributed by atoms with Crippen LogP contribution in [0.15, 0.2) is 12.4 Å². The van der Waals surface area contributed by atoms with Gasteiger partial charge in [0.15, 0.2) is 0 Å². The van der Waals surface area contributed by atoms with Crippen molar-refractivity contribution in [3.8, 4) is 0 Å². The second-order valence-corrected chi connectivity index (χ2v) is 5.81. The molecule has 100 valence electrons. The SMILES string of the molecule is CN1C2CCC1CC(NCCCc1ncc[nH]1)C2. The summed E-state index contributed by atoms with van der Waals surface area (Å²) < 4.78 is 0. The molecule has 2 saturated heterocycles. The van der Waals surface area contributed by atoms with Crippen LogP contribution in [0, 0.1) is 0 Å². The fourth-order valence-corrected chi connectivity index (χ4v) is 3.57. The second kappa shape index (κ2) is 5.41. The van der Waals surface area contributed by atoms with Crippen LogP contribution in [0.25, 0.3) is 0 Å². The molecule has 0 spiro atoms. The maximum atomic E-state index is 4.25. The van der Waals surface area contributed by atoms with Gasteiger partial charge in [-0.25, -0.2) is 4.98 Å². The van der Waals surface area contributed by atoms with Crippen LogP contribution < -0.4 is 5.32 Å². The fourth-order valence-electron chi connectivity index (χ4n) is 3.57. The summed E-state index contributed by atoms with van der Waals surface area (Å²) in [4.78, 5) is 10.0.